The van der Waals surface area contributed by atoms with Gasteiger partial charge in [0, 0.05) is 18.0 Å². The van der Waals surface area contributed by atoms with Crippen LogP contribution < -0.4 is 10.9 Å². The summed E-state index contributed by atoms with van der Waals surface area (Å²) in [5, 5.41) is 4.66. The van der Waals surface area contributed by atoms with Crippen molar-refractivity contribution in [3.05, 3.63) is 102 Å². The number of pyridine rings is 1. The van der Waals surface area contributed by atoms with Gasteiger partial charge in [-0.25, -0.2) is 4.68 Å². The van der Waals surface area contributed by atoms with Gasteiger partial charge in [0.15, 0.2) is 0 Å². The van der Waals surface area contributed by atoms with Crippen LogP contribution in [0.15, 0.2) is 79.1 Å². The van der Waals surface area contributed by atoms with E-state index >= 15 is 0 Å². The van der Waals surface area contributed by atoms with Crippen molar-refractivity contribution < 1.29 is 9.59 Å². The molecule has 7 nitrogen and oxygen atoms in total. The van der Waals surface area contributed by atoms with Crippen LogP contribution in [0.3, 0.4) is 0 Å². The molecule has 0 radical (unpaired) electrons. The summed E-state index contributed by atoms with van der Waals surface area (Å²) < 4.78 is 1.65. The Morgan fingerprint density at radius 2 is 1.58 bits per heavy atom. The number of nitrogens with one attached hydrogen (secondary N) is 2. The molecule has 0 aliphatic carbocycles. The average Bonchev–Trinajstić information content (AvgIpc) is 3.26. The summed E-state index contributed by atoms with van der Waals surface area (Å²) in [6.07, 6.45) is 3.17. The van der Waals surface area contributed by atoms with Crippen LogP contribution in [0.1, 0.15) is 32.0 Å². The highest BCUT2D eigenvalue weighted by molar-refractivity contribution is 6.02. The summed E-state index contributed by atoms with van der Waals surface area (Å²) in [5.41, 5.74) is 9.84. The maximum Gasteiger partial charge on any atom is 0.288 e. The fourth-order valence-corrected chi connectivity index (χ4v) is 3.10. The summed E-state index contributed by atoms with van der Waals surface area (Å²) in [7, 11) is 0. The number of para-hydroxylation sites is 1. The fourth-order valence-electron chi connectivity index (χ4n) is 3.10. The summed E-state index contributed by atoms with van der Waals surface area (Å²) in [6, 6.07) is 20.4. The van der Waals surface area contributed by atoms with Crippen molar-refractivity contribution in [1.82, 2.24) is 25.6 Å². The van der Waals surface area contributed by atoms with Gasteiger partial charge >= 0.3 is 0 Å². The molecule has 0 spiro atoms. The molecule has 31 heavy (non-hydrogen) atoms. The van der Waals surface area contributed by atoms with E-state index in [1.54, 1.807) is 29.1 Å². The third-order valence-electron chi connectivity index (χ3n) is 4.95. The van der Waals surface area contributed by atoms with Gasteiger partial charge in [-0.2, -0.15) is 5.10 Å². The highest BCUT2D eigenvalue weighted by Crippen LogP contribution is 2.25. The Morgan fingerprint density at radius 3 is 2.29 bits per heavy atom. The Balaban J connectivity index is 1.66. The molecule has 2 aromatic heterocycles. The average molecular weight is 411 g/mol. The predicted octanol–water partition coefficient (Wildman–Crippen LogP) is 3.63. The molecule has 4 aromatic rings. The SMILES string of the molecule is Cc1ccc(-c2nn(-c3ccccc3)cc2C(=O)NNC(=O)c2ccccn2)cc1C. The van der Waals surface area contributed by atoms with Crippen LogP contribution in [0.2, 0.25) is 0 Å². The van der Waals surface area contributed by atoms with Gasteiger partial charge in [-0.05, 0) is 55.3 Å². The first kappa shape index (κ1) is 20.0. The summed E-state index contributed by atoms with van der Waals surface area (Å²) in [5.74, 6) is -0.975. The molecule has 0 aliphatic rings. The minimum absolute atomic E-state index is 0.206. The molecule has 2 amide bonds. The lowest BCUT2D eigenvalue weighted by atomic mass is 10.0. The van der Waals surface area contributed by atoms with Gasteiger partial charge in [0.1, 0.15) is 11.4 Å². The second-order valence-corrected chi connectivity index (χ2v) is 7.09. The quantitative estimate of drug-likeness (QED) is 0.502. The summed E-state index contributed by atoms with van der Waals surface area (Å²) in [6.45, 7) is 4.04. The minimum atomic E-state index is -0.503. The largest absolute Gasteiger partial charge is 0.288 e. The fraction of sp³-hybridized carbons (Fsp3) is 0.0833. The second kappa shape index (κ2) is 8.62. The Morgan fingerprint density at radius 1 is 0.839 bits per heavy atom. The van der Waals surface area contributed by atoms with E-state index in [4.69, 9.17) is 0 Å². The molecule has 7 heteroatoms. The molecule has 0 saturated carbocycles. The standard InChI is InChI=1S/C24H21N5O2/c1-16-11-12-18(14-17(16)2)22-20(15-29(28-22)19-8-4-3-5-9-19)23(30)26-27-24(31)21-10-6-7-13-25-21/h3-15H,1-2H3,(H,26,30)(H,27,31). The molecule has 2 heterocycles. The van der Waals surface area contributed by atoms with Crippen LogP contribution in [0.4, 0.5) is 0 Å². The Kier molecular flexibility index (Phi) is 5.57. The molecule has 0 unspecified atom stereocenters. The molecule has 0 saturated heterocycles. The van der Waals surface area contributed by atoms with E-state index in [-0.39, 0.29) is 5.69 Å². The molecule has 0 aliphatic heterocycles. The van der Waals surface area contributed by atoms with E-state index in [1.165, 1.54) is 6.20 Å². The van der Waals surface area contributed by atoms with Gasteiger partial charge in [0.05, 0.1) is 11.3 Å². The lowest BCUT2D eigenvalue weighted by molar-refractivity contribution is 0.0844. The number of amides is 2. The van der Waals surface area contributed by atoms with E-state index in [9.17, 15) is 9.59 Å². The van der Waals surface area contributed by atoms with E-state index in [1.807, 2.05) is 62.4 Å². The van der Waals surface area contributed by atoms with Crippen molar-refractivity contribution in [2.45, 2.75) is 13.8 Å². The van der Waals surface area contributed by atoms with Crippen LogP contribution in [-0.2, 0) is 0 Å². The molecule has 0 fully saturated rings. The number of benzene rings is 2. The van der Waals surface area contributed by atoms with Crippen molar-refractivity contribution in [3.8, 4) is 16.9 Å². The maximum atomic E-state index is 13.0. The number of nitrogens with zero attached hydrogens (tertiary/aromatic N) is 3. The number of hydrazine groups is 1. The smallest absolute Gasteiger partial charge is 0.267 e. The zero-order valence-electron chi connectivity index (χ0n) is 17.2. The van der Waals surface area contributed by atoms with E-state index in [0.717, 1.165) is 22.4 Å². The number of hydrogen-bond donors (Lipinski definition) is 2. The van der Waals surface area contributed by atoms with E-state index < -0.39 is 11.8 Å². The highest BCUT2D eigenvalue weighted by atomic mass is 16.2. The molecule has 0 bridgehead atoms. The zero-order chi connectivity index (χ0) is 21.8. The van der Waals surface area contributed by atoms with Crippen molar-refractivity contribution in [3.63, 3.8) is 0 Å². The van der Waals surface area contributed by atoms with Crippen molar-refractivity contribution >= 4 is 11.8 Å². The van der Waals surface area contributed by atoms with Gasteiger partial charge in [0.25, 0.3) is 11.8 Å². The van der Waals surface area contributed by atoms with Crippen LogP contribution in [0.25, 0.3) is 16.9 Å². The number of aromatic nitrogens is 3. The van der Waals surface area contributed by atoms with Gasteiger partial charge in [-0.15, -0.1) is 0 Å². The summed E-state index contributed by atoms with van der Waals surface area (Å²) >= 11 is 0. The molecule has 0 atom stereocenters. The highest BCUT2D eigenvalue weighted by Gasteiger charge is 2.20. The molecule has 4 rings (SSSR count). The lowest BCUT2D eigenvalue weighted by Gasteiger charge is -2.08. The predicted molar refractivity (Wildman–Crippen MR) is 118 cm³/mol. The van der Waals surface area contributed by atoms with E-state index in [0.29, 0.717) is 11.3 Å². The van der Waals surface area contributed by atoms with Crippen LogP contribution >= 0.6 is 0 Å². The second-order valence-electron chi connectivity index (χ2n) is 7.09. The first-order valence-corrected chi connectivity index (χ1v) is 9.77. The Labute approximate surface area is 179 Å². The van der Waals surface area contributed by atoms with Crippen LogP contribution in [0.5, 0.6) is 0 Å². The normalized spacial score (nSPS) is 10.5. The van der Waals surface area contributed by atoms with Gasteiger partial charge in [-0.3, -0.25) is 25.4 Å². The number of rotatable bonds is 4. The van der Waals surface area contributed by atoms with Crippen LogP contribution in [0, 0.1) is 13.8 Å². The molecule has 2 aromatic carbocycles. The molecular weight excluding hydrogens is 390 g/mol. The number of carbonyl (C=O) groups is 2. The third-order valence-corrected chi connectivity index (χ3v) is 4.95. The lowest BCUT2D eigenvalue weighted by Crippen LogP contribution is -2.42. The van der Waals surface area contributed by atoms with Gasteiger partial charge < -0.3 is 0 Å². The maximum absolute atomic E-state index is 13.0. The molecule has 2 N–H and O–H groups in total. The minimum Gasteiger partial charge on any atom is -0.267 e. The van der Waals surface area contributed by atoms with Gasteiger partial charge in [-0.1, -0.05) is 36.4 Å². The third kappa shape index (κ3) is 4.35. The van der Waals surface area contributed by atoms with Crippen molar-refractivity contribution in [1.29, 1.82) is 0 Å². The number of hydrogen-bond acceptors (Lipinski definition) is 4. The first-order chi connectivity index (χ1) is 15.0. The molecular formula is C24H21N5O2. The zero-order valence-corrected chi connectivity index (χ0v) is 17.2. The molecule has 154 valence electrons. The van der Waals surface area contributed by atoms with E-state index in [2.05, 4.69) is 20.9 Å². The Hall–Kier alpha value is -4.26. The number of aryl methyl sites for hydroxylation is 2. The van der Waals surface area contributed by atoms with Crippen molar-refractivity contribution in [2.75, 3.05) is 0 Å². The number of carbonyl (C=O) groups excluding carboxylic acids is 2. The van der Waals surface area contributed by atoms with Gasteiger partial charge in [0.2, 0.25) is 0 Å². The first-order valence-electron chi connectivity index (χ1n) is 9.77. The summed E-state index contributed by atoms with van der Waals surface area (Å²) in [4.78, 5) is 29.2. The topological polar surface area (TPSA) is 88.9 Å². The Bertz CT molecular complexity index is 1230. The van der Waals surface area contributed by atoms with Crippen LogP contribution in [-0.4, -0.2) is 26.6 Å². The monoisotopic (exact) mass is 411 g/mol. The van der Waals surface area contributed by atoms with Crippen molar-refractivity contribution in [2.24, 2.45) is 0 Å².